The number of anilines is 2. The van der Waals surface area contributed by atoms with Crippen LogP contribution < -0.4 is 9.62 Å². The number of sulfonamides is 1. The first-order valence-corrected chi connectivity index (χ1v) is 13.6. The largest absolute Gasteiger partial charge is 0.481 e. The van der Waals surface area contributed by atoms with Crippen LogP contribution in [0.2, 0.25) is 0 Å². The number of nitrogens with one attached hydrogen (secondary N) is 1. The number of hydrogen-bond acceptors (Lipinski definition) is 6. The number of rotatable bonds is 6. The fourth-order valence-electron chi connectivity index (χ4n) is 5.43. The summed E-state index contributed by atoms with van der Waals surface area (Å²) in [6, 6.07) is 12.6. The summed E-state index contributed by atoms with van der Waals surface area (Å²) in [5, 5.41) is 9.12. The molecule has 2 N–H and O–H groups in total. The first-order valence-electron chi connectivity index (χ1n) is 12.1. The van der Waals surface area contributed by atoms with Gasteiger partial charge in [0.1, 0.15) is 11.6 Å². The van der Waals surface area contributed by atoms with Gasteiger partial charge in [0.15, 0.2) is 5.03 Å². The molecule has 2 fully saturated rings. The van der Waals surface area contributed by atoms with Crippen molar-refractivity contribution in [3.05, 3.63) is 65.7 Å². The number of carboxylic acids is 1. The second-order valence-electron chi connectivity index (χ2n) is 9.64. The molecule has 4 heterocycles. The number of carbonyl (C=O) groups is 1. The summed E-state index contributed by atoms with van der Waals surface area (Å²) in [6.45, 7) is 1.65. The highest BCUT2D eigenvalue weighted by atomic mass is 32.2. The third-order valence-corrected chi connectivity index (χ3v) is 8.43. The molecular weight excluding hydrogens is 521 g/mol. The Morgan fingerprint density at radius 2 is 1.68 bits per heavy atom. The van der Waals surface area contributed by atoms with E-state index in [0.29, 0.717) is 24.2 Å². The number of hydrogen-bond donors (Lipinski definition) is 2. The van der Waals surface area contributed by atoms with Crippen molar-refractivity contribution in [1.29, 1.82) is 0 Å². The van der Waals surface area contributed by atoms with Crippen LogP contribution >= 0.6 is 0 Å². The van der Waals surface area contributed by atoms with Crippen LogP contribution in [0.15, 0.2) is 59.6 Å². The summed E-state index contributed by atoms with van der Waals surface area (Å²) in [4.78, 5) is 21.9. The van der Waals surface area contributed by atoms with Gasteiger partial charge in [0, 0.05) is 17.6 Å². The van der Waals surface area contributed by atoms with Crippen LogP contribution in [-0.4, -0.2) is 41.5 Å². The minimum atomic E-state index is -4.69. The lowest BCUT2D eigenvalue weighted by Crippen LogP contribution is -2.45. The summed E-state index contributed by atoms with van der Waals surface area (Å²) in [6.07, 6.45) is -2.18. The average Bonchev–Trinajstić information content (AvgIpc) is 3.12. The minimum absolute atomic E-state index is 0.0542. The lowest BCUT2D eigenvalue weighted by Gasteiger charge is -2.38. The number of benzene rings is 1. The molecule has 0 aliphatic carbocycles. The Morgan fingerprint density at radius 3 is 2.32 bits per heavy atom. The summed E-state index contributed by atoms with van der Waals surface area (Å²) >= 11 is 0. The first-order chi connectivity index (χ1) is 17.9. The number of halogens is 3. The van der Waals surface area contributed by atoms with Gasteiger partial charge in [-0.05, 0) is 62.4 Å². The van der Waals surface area contributed by atoms with E-state index in [0.717, 1.165) is 25.0 Å². The molecule has 2 aliphatic rings. The van der Waals surface area contributed by atoms with Crippen molar-refractivity contribution in [2.24, 2.45) is 5.92 Å². The van der Waals surface area contributed by atoms with Crippen LogP contribution in [0.4, 0.5) is 24.8 Å². The zero-order valence-electron chi connectivity index (χ0n) is 20.3. The van der Waals surface area contributed by atoms with E-state index in [-0.39, 0.29) is 34.2 Å². The van der Waals surface area contributed by atoms with E-state index in [2.05, 4.69) is 14.7 Å². The molecule has 2 saturated heterocycles. The fourth-order valence-corrected chi connectivity index (χ4v) is 6.39. The van der Waals surface area contributed by atoms with E-state index in [9.17, 15) is 31.5 Å². The van der Waals surface area contributed by atoms with Crippen LogP contribution in [0.5, 0.6) is 0 Å². The van der Waals surface area contributed by atoms with Gasteiger partial charge in [-0.3, -0.25) is 9.52 Å². The molecule has 2 aliphatic heterocycles. The Labute approximate surface area is 217 Å². The van der Waals surface area contributed by atoms with Crippen LogP contribution in [0, 0.1) is 12.8 Å². The lowest BCUT2D eigenvalue weighted by atomic mass is 9.91. The van der Waals surface area contributed by atoms with Gasteiger partial charge in [-0.1, -0.05) is 30.3 Å². The highest BCUT2D eigenvalue weighted by Crippen LogP contribution is 2.41. The van der Waals surface area contributed by atoms with Gasteiger partial charge in [-0.25, -0.2) is 9.97 Å². The number of aromatic nitrogens is 2. The smallest absolute Gasteiger partial charge is 0.418 e. The summed E-state index contributed by atoms with van der Waals surface area (Å²) < 4.78 is 69.9. The number of pyridine rings is 2. The molecule has 2 bridgehead atoms. The number of piperidine rings is 1. The van der Waals surface area contributed by atoms with E-state index in [4.69, 9.17) is 0 Å². The second kappa shape index (κ2) is 9.57. The fraction of sp³-hybridized carbons (Fsp3) is 0.346. The van der Waals surface area contributed by atoms with Crippen molar-refractivity contribution in [2.45, 2.75) is 55.9 Å². The van der Waals surface area contributed by atoms with Crippen LogP contribution in [0.25, 0.3) is 11.3 Å². The van der Waals surface area contributed by atoms with E-state index in [1.165, 1.54) is 12.1 Å². The Balaban J connectivity index is 1.45. The molecule has 38 heavy (non-hydrogen) atoms. The number of nitrogens with zero attached hydrogens (tertiary/aromatic N) is 3. The molecule has 0 spiro atoms. The molecule has 12 heteroatoms. The number of carboxylic acid groups (broad SMARTS) is 1. The Morgan fingerprint density at radius 1 is 1.00 bits per heavy atom. The van der Waals surface area contributed by atoms with Crippen molar-refractivity contribution in [1.82, 2.24) is 9.97 Å². The van der Waals surface area contributed by atoms with Gasteiger partial charge < -0.3 is 10.0 Å². The normalized spacial score (nSPS) is 21.4. The van der Waals surface area contributed by atoms with Crippen molar-refractivity contribution in [3.63, 3.8) is 0 Å². The zero-order valence-corrected chi connectivity index (χ0v) is 21.1. The highest BCUT2D eigenvalue weighted by Gasteiger charge is 2.44. The van der Waals surface area contributed by atoms with Gasteiger partial charge >= 0.3 is 12.1 Å². The molecule has 2 aromatic heterocycles. The number of aryl methyl sites for hydroxylation is 1. The van der Waals surface area contributed by atoms with Crippen LogP contribution in [0.1, 0.15) is 36.8 Å². The molecule has 0 amide bonds. The maximum absolute atomic E-state index is 13.7. The second-order valence-corrected chi connectivity index (χ2v) is 11.3. The lowest BCUT2D eigenvalue weighted by molar-refractivity contribution is -0.142. The first kappa shape index (κ1) is 26.0. The molecule has 2 unspecified atom stereocenters. The zero-order chi connectivity index (χ0) is 27.2. The monoisotopic (exact) mass is 546 g/mol. The van der Waals surface area contributed by atoms with E-state index in [1.54, 1.807) is 37.3 Å². The Hall–Kier alpha value is -3.67. The van der Waals surface area contributed by atoms with Crippen molar-refractivity contribution < 1.29 is 31.5 Å². The van der Waals surface area contributed by atoms with Gasteiger partial charge in [0.2, 0.25) is 0 Å². The standard InChI is InChI=1S/C26H25F3N4O4S/c1-15-5-2-3-6-19(15)24-20(26(27,28)29)11-12-21(30-24)32-38(36,37)23-8-4-7-22(31-23)33-17-9-10-18(33)14-16(13-17)25(34)35/h2-8,11-12,16-18H,9-10,13-14H2,1H3,(H,30,32)(H,34,35). The van der Waals surface area contributed by atoms with Crippen molar-refractivity contribution >= 4 is 27.6 Å². The molecule has 0 saturated carbocycles. The Kier molecular flexibility index (Phi) is 6.54. The van der Waals surface area contributed by atoms with Crippen molar-refractivity contribution in [2.75, 3.05) is 9.62 Å². The van der Waals surface area contributed by atoms with E-state index < -0.39 is 33.7 Å². The third-order valence-electron chi connectivity index (χ3n) is 7.17. The topological polar surface area (TPSA) is 112 Å². The van der Waals surface area contributed by atoms with Gasteiger partial charge in [0.05, 0.1) is 17.2 Å². The van der Waals surface area contributed by atoms with Crippen LogP contribution in [0.3, 0.4) is 0 Å². The number of aliphatic carboxylic acids is 1. The molecule has 8 nitrogen and oxygen atoms in total. The van der Waals surface area contributed by atoms with E-state index in [1.807, 2.05) is 4.90 Å². The van der Waals surface area contributed by atoms with E-state index >= 15 is 0 Å². The minimum Gasteiger partial charge on any atom is -0.481 e. The SMILES string of the molecule is Cc1ccccc1-c1nc(NS(=O)(=O)c2cccc(N3C4CCC3CC(C(=O)O)C4)n2)ccc1C(F)(F)F. The maximum atomic E-state index is 13.7. The average molecular weight is 547 g/mol. The molecule has 3 aromatic rings. The Bertz CT molecular complexity index is 1480. The molecule has 1 aromatic carbocycles. The van der Waals surface area contributed by atoms with Gasteiger partial charge in [-0.2, -0.15) is 21.6 Å². The predicted octanol–water partition coefficient (Wildman–Crippen LogP) is 5.10. The summed E-state index contributed by atoms with van der Waals surface area (Å²) in [5.41, 5.74) is -0.562. The van der Waals surface area contributed by atoms with Gasteiger partial charge in [0.25, 0.3) is 10.0 Å². The number of alkyl halides is 3. The van der Waals surface area contributed by atoms with Crippen molar-refractivity contribution in [3.8, 4) is 11.3 Å². The predicted molar refractivity (Wildman–Crippen MR) is 134 cm³/mol. The molecule has 5 rings (SSSR count). The molecule has 0 radical (unpaired) electrons. The van der Waals surface area contributed by atoms with Gasteiger partial charge in [-0.15, -0.1) is 0 Å². The molecular formula is C26H25F3N4O4S. The molecule has 200 valence electrons. The number of fused-ring (bicyclic) bond motifs is 2. The third kappa shape index (κ3) is 4.92. The maximum Gasteiger partial charge on any atom is 0.418 e. The molecule has 2 atom stereocenters. The highest BCUT2D eigenvalue weighted by molar-refractivity contribution is 7.92. The summed E-state index contributed by atoms with van der Waals surface area (Å²) in [5.74, 6) is -1.12. The quantitative estimate of drug-likeness (QED) is 0.442. The van der Waals surface area contributed by atoms with Crippen LogP contribution in [-0.2, 0) is 21.0 Å². The summed E-state index contributed by atoms with van der Waals surface area (Å²) in [7, 11) is -4.30.